The van der Waals surface area contributed by atoms with Gasteiger partial charge < -0.3 is 10.1 Å². The summed E-state index contributed by atoms with van der Waals surface area (Å²) in [5.41, 5.74) is 7.34. The number of isocyanates is 1. The van der Waals surface area contributed by atoms with Gasteiger partial charge in [-0.15, -0.1) is 23.2 Å². The van der Waals surface area contributed by atoms with Gasteiger partial charge in [0.1, 0.15) is 0 Å². The van der Waals surface area contributed by atoms with Crippen molar-refractivity contribution in [2.45, 2.75) is 52.0 Å². The number of alkyl halides is 2. The molecule has 0 aromatic heterocycles. The maximum atomic E-state index is 12.6. The van der Waals surface area contributed by atoms with E-state index < -0.39 is 13.9 Å². The number of carbonyl (C=O) groups is 2. The van der Waals surface area contributed by atoms with Crippen molar-refractivity contribution in [3.8, 4) is 0 Å². The standard InChI is InChI=1S/C33H29ClNOP.C18H15P.C15H14ClNO.C8H6ClNO.C4H10O.CH4/c34-37(30-15-7-2-8-16-30,31-17-9-3-10-18-31,32-19-11-4-12-20-32)26-28-21-23-29(24-22-28)35-33(36)25-27-13-5-1-6-14-27;1-4-10-16(11-5-1)19(17-12-6-2-7-13-17)18-14-8-3-9-15-18;16-11-13-6-8-14(9-7-13)17-15(18)10-12-4-2-1-3-5-12;9-5-7-1-3-8(4-2-7)10-6-11;1-3-5-4-2;/h1-24H,25-26H2,(H,35,36);1-15H;1-9H,10-11H2,(H,17,18);1-4H,5H2;3-4H2,1-2H3;1H4. The number of hydrogen-bond donors (Lipinski definition) is 2. The van der Waals surface area contributed by atoms with Gasteiger partial charge in [0.25, 0.3) is 0 Å². The predicted octanol–water partition coefficient (Wildman–Crippen LogP) is 18.2. The van der Waals surface area contributed by atoms with Crippen molar-refractivity contribution in [1.82, 2.24) is 0 Å². The summed E-state index contributed by atoms with van der Waals surface area (Å²) in [6.07, 6.45) is 2.85. The molecule has 0 aliphatic heterocycles. The topological polar surface area (TPSA) is 96.9 Å². The van der Waals surface area contributed by atoms with Gasteiger partial charge in [-0.2, -0.15) is 4.99 Å². The van der Waals surface area contributed by atoms with Crippen LogP contribution in [0.25, 0.3) is 0 Å². The van der Waals surface area contributed by atoms with E-state index in [1.54, 1.807) is 12.1 Å². The van der Waals surface area contributed by atoms with Crippen molar-refractivity contribution in [3.63, 3.8) is 0 Å². The van der Waals surface area contributed by atoms with Crippen molar-refractivity contribution in [2.24, 2.45) is 4.99 Å². The number of ether oxygens (including phenoxy) is 1. The van der Waals surface area contributed by atoms with Gasteiger partial charge in [-0.25, -0.2) is 4.79 Å². The molecule has 12 heteroatoms. The van der Waals surface area contributed by atoms with Crippen LogP contribution in [-0.4, -0.2) is 31.1 Å². The number of anilines is 2. The minimum atomic E-state index is -3.40. The molecule has 11 aromatic rings. The number of amides is 2. The minimum absolute atomic E-state index is 0. The third-order valence-electron chi connectivity index (χ3n) is 14.1. The van der Waals surface area contributed by atoms with Crippen molar-refractivity contribution in [3.05, 3.63) is 343 Å². The van der Waals surface area contributed by atoms with E-state index in [4.69, 9.17) is 39.2 Å². The quantitative estimate of drug-likeness (QED) is 0.0365. The first-order valence-corrected chi connectivity index (χ1v) is 35.4. The predicted molar refractivity (Wildman–Crippen MR) is 393 cm³/mol. The molecule has 2 amide bonds. The molecule has 0 saturated heterocycles. The fraction of sp³-hybridized carbons (Fsp3) is 0.127. The van der Waals surface area contributed by atoms with Crippen LogP contribution in [0, 0.1) is 0 Å². The zero-order valence-electron chi connectivity index (χ0n) is 50.6. The first-order valence-electron chi connectivity index (χ1n) is 29.6. The van der Waals surface area contributed by atoms with Gasteiger partial charge in [0.2, 0.25) is 12.0 Å². The Bertz CT molecular complexity index is 3670. The number of benzene rings is 11. The molecule has 0 radical (unpaired) electrons. The van der Waals surface area contributed by atoms with Crippen LogP contribution in [0.4, 0.5) is 17.1 Å². The summed E-state index contributed by atoms with van der Waals surface area (Å²) in [5, 5.41) is 13.5. The number of carbonyl (C=O) groups excluding carboxylic acids is 3. The van der Waals surface area contributed by atoms with Crippen LogP contribution in [0.15, 0.2) is 320 Å². The molecule has 0 fully saturated rings. The van der Waals surface area contributed by atoms with Crippen molar-refractivity contribution < 1.29 is 19.1 Å². The van der Waals surface area contributed by atoms with Gasteiger partial charge in [-0.3, -0.25) is 4.79 Å². The van der Waals surface area contributed by atoms with E-state index in [1.165, 1.54) is 22.0 Å². The van der Waals surface area contributed by atoms with E-state index in [9.17, 15) is 14.4 Å². The Labute approximate surface area is 554 Å². The molecule has 0 aliphatic rings. The van der Waals surface area contributed by atoms with Gasteiger partial charge in [-0.1, -0.05) is 153 Å². The van der Waals surface area contributed by atoms with Crippen molar-refractivity contribution in [2.75, 3.05) is 23.8 Å². The van der Waals surface area contributed by atoms with E-state index in [1.807, 2.05) is 141 Å². The summed E-state index contributed by atoms with van der Waals surface area (Å²) in [6.45, 7) is 5.67. The Morgan fingerprint density at radius 1 is 0.407 bits per heavy atom. The molecule has 11 rings (SSSR count). The fourth-order valence-corrected chi connectivity index (χ4v) is 18.5. The van der Waals surface area contributed by atoms with Crippen LogP contribution in [0.5, 0.6) is 0 Å². The van der Waals surface area contributed by atoms with Crippen molar-refractivity contribution in [1.29, 1.82) is 0 Å². The Kier molecular flexibility index (Phi) is 30.5. The summed E-state index contributed by atoms with van der Waals surface area (Å²) in [5.74, 6) is -2.49. The summed E-state index contributed by atoms with van der Waals surface area (Å²) in [4.78, 5) is 37.6. The maximum Gasteiger partial charge on any atom is 0.240 e. The third-order valence-corrected chi connectivity index (χ3v) is 24.4. The molecule has 464 valence electrons. The van der Waals surface area contributed by atoms with Gasteiger partial charge in [0.05, 0.1) is 12.1 Å². The van der Waals surface area contributed by atoms with Gasteiger partial charge in [-0.05, 0) is 78.6 Å². The Morgan fingerprint density at radius 2 is 0.692 bits per heavy atom. The molecule has 0 saturated carbocycles. The molecule has 11 aromatic carbocycles. The average Bonchev–Trinajstić information content (AvgIpc) is 0.707. The molecule has 0 atom stereocenters. The second-order valence-corrected chi connectivity index (χ2v) is 29.6. The molecule has 0 spiro atoms. The SMILES string of the molecule is C.CCOCC.O=C(Cc1ccccc1)Nc1ccc(CCl)cc1.O=C(Cc1ccccc1)Nc1ccc(CP(Cl)(c2ccccc2)(c2ccccc2)c2ccccc2)cc1.O=C=Nc1ccc(CCl)cc1.c1ccc(P(c2ccccc2)c2ccccc2)cc1. The molecule has 0 aliphatic carbocycles. The number of nitrogens with one attached hydrogen (secondary N) is 2. The summed E-state index contributed by atoms with van der Waals surface area (Å²) in [6, 6.07) is 106. The summed E-state index contributed by atoms with van der Waals surface area (Å²) >= 11 is 19.4. The third kappa shape index (κ3) is 22.1. The molecular formula is C79H78Cl3N3O4P2. The maximum absolute atomic E-state index is 12.6. The average molecular weight is 1300 g/mol. The van der Waals surface area contributed by atoms with Crippen LogP contribution in [0.1, 0.15) is 49.1 Å². The van der Waals surface area contributed by atoms with Crippen LogP contribution in [-0.2, 0) is 49.9 Å². The molecule has 0 heterocycles. The Balaban J connectivity index is 0.000000205. The Morgan fingerprint density at radius 3 is 0.978 bits per heavy atom. The molecular weight excluding hydrogens is 1220 g/mol. The fourth-order valence-electron chi connectivity index (χ4n) is 9.72. The zero-order chi connectivity index (χ0) is 63.5. The van der Waals surface area contributed by atoms with Gasteiger partial charge in [0.15, 0.2) is 0 Å². The smallest absolute Gasteiger partial charge is 0.211 e. The number of halogens is 3. The molecule has 0 bridgehead atoms. The van der Waals surface area contributed by atoms with Crippen LogP contribution >= 0.6 is 48.3 Å². The first-order chi connectivity index (χ1) is 44.1. The molecule has 91 heavy (non-hydrogen) atoms. The second kappa shape index (κ2) is 38.9. The zero-order valence-corrected chi connectivity index (χ0v) is 54.6. The summed E-state index contributed by atoms with van der Waals surface area (Å²) < 4.78 is 4.83. The largest absolute Gasteiger partial charge is 0.240 e. The number of aliphatic imine (C=N–C) groups is 1. The normalized spacial score (nSPS) is 10.7. The van der Waals surface area contributed by atoms with E-state index in [0.29, 0.717) is 36.5 Å². The number of hydrogen-bond acceptors (Lipinski definition) is 5. The molecule has 7 nitrogen and oxygen atoms in total. The Hall–Kier alpha value is -8.57. The van der Waals surface area contributed by atoms with Gasteiger partial charge >= 0.3 is 224 Å². The van der Waals surface area contributed by atoms with Crippen LogP contribution in [0.3, 0.4) is 0 Å². The van der Waals surface area contributed by atoms with E-state index in [0.717, 1.165) is 68.3 Å². The summed E-state index contributed by atoms with van der Waals surface area (Å²) in [7, 11) is -0.446. The molecule has 2 N–H and O–H groups in total. The van der Waals surface area contributed by atoms with E-state index >= 15 is 0 Å². The van der Waals surface area contributed by atoms with E-state index in [-0.39, 0.29) is 19.2 Å². The monoisotopic (exact) mass is 1300 g/mol. The van der Waals surface area contributed by atoms with Gasteiger partial charge in [0, 0.05) is 30.7 Å². The number of rotatable bonds is 19. The van der Waals surface area contributed by atoms with Crippen molar-refractivity contribution >= 4 is 115 Å². The van der Waals surface area contributed by atoms with Crippen LogP contribution < -0.4 is 42.5 Å². The minimum Gasteiger partial charge on any atom is -0.211 e. The molecule has 0 unspecified atom stereocenters. The van der Waals surface area contributed by atoms with E-state index in [2.05, 4.69) is 192 Å². The first kappa shape index (κ1) is 71.5. The van der Waals surface area contributed by atoms with Crippen LogP contribution in [0.2, 0.25) is 0 Å². The number of nitrogens with zero attached hydrogens (tertiary/aromatic N) is 1. The second-order valence-electron chi connectivity index (χ2n) is 20.4.